The van der Waals surface area contributed by atoms with Crippen LogP contribution in [0.15, 0.2) is 18.3 Å². The number of carbonyl (C=O) groups excluding carboxylic acids is 1. The van der Waals surface area contributed by atoms with Crippen LogP contribution in [-0.4, -0.2) is 59.8 Å². The average Bonchev–Trinajstić information content (AvgIpc) is 3.34. The van der Waals surface area contributed by atoms with Crippen molar-refractivity contribution in [3.8, 4) is 0 Å². The van der Waals surface area contributed by atoms with E-state index in [2.05, 4.69) is 32.7 Å². The summed E-state index contributed by atoms with van der Waals surface area (Å²) in [5.41, 5.74) is 4.22. The molecular weight excluding hydrogens is 360 g/mol. The minimum absolute atomic E-state index is 0.0227. The number of hydrogen-bond acceptors (Lipinski definition) is 5. The van der Waals surface area contributed by atoms with Crippen LogP contribution >= 0.6 is 0 Å². The van der Waals surface area contributed by atoms with Crippen molar-refractivity contribution < 1.29 is 14.7 Å². The van der Waals surface area contributed by atoms with Crippen LogP contribution in [0, 0.1) is 20.8 Å². The fourth-order valence-corrected chi connectivity index (χ4v) is 3.67. The van der Waals surface area contributed by atoms with E-state index < -0.39 is 0 Å². The summed E-state index contributed by atoms with van der Waals surface area (Å²) >= 11 is 0. The molecule has 1 atom stereocenters. The largest absolute Gasteiger partial charge is 0.483 e. The molecule has 9 nitrogen and oxygen atoms in total. The number of likely N-dealkylation sites (tertiary alicyclic amines) is 1. The maximum absolute atomic E-state index is 13.1. The molecule has 1 fully saturated rings. The lowest BCUT2D eigenvalue weighted by atomic mass is 10.2. The maximum atomic E-state index is 13.1. The van der Waals surface area contributed by atoms with E-state index in [0.29, 0.717) is 17.6 Å². The van der Waals surface area contributed by atoms with Crippen molar-refractivity contribution in [1.82, 2.24) is 29.2 Å². The Morgan fingerprint density at radius 1 is 1.32 bits per heavy atom. The van der Waals surface area contributed by atoms with Crippen molar-refractivity contribution in [1.29, 1.82) is 0 Å². The van der Waals surface area contributed by atoms with Crippen LogP contribution in [0.2, 0.25) is 0 Å². The summed E-state index contributed by atoms with van der Waals surface area (Å²) in [4.78, 5) is 32.2. The van der Waals surface area contributed by atoms with Crippen LogP contribution in [0.3, 0.4) is 0 Å². The van der Waals surface area contributed by atoms with E-state index >= 15 is 0 Å². The SMILES string of the molecule is Cc1cc(C)n(C2CCN(C(=O)c3ccnc4c3nc(C)n4C)C2)n1.O=CO. The zero-order chi connectivity index (χ0) is 20.4. The molecule has 4 rings (SSSR count). The predicted octanol–water partition coefficient (Wildman–Crippen LogP) is 1.88. The second-order valence-corrected chi connectivity index (χ2v) is 6.92. The fraction of sp³-hybridized carbons (Fsp3) is 0.421. The summed E-state index contributed by atoms with van der Waals surface area (Å²) in [6.45, 7) is 7.14. The van der Waals surface area contributed by atoms with E-state index in [0.717, 1.165) is 35.8 Å². The monoisotopic (exact) mass is 384 g/mol. The van der Waals surface area contributed by atoms with E-state index in [-0.39, 0.29) is 18.4 Å². The molecule has 0 aliphatic carbocycles. The molecule has 3 aromatic rings. The average molecular weight is 384 g/mol. The summed E-state index contributed by atoms with van der Waals surface area (Å²) in [6, 6.07) is 4.09. The molecule has 0 aromatic carbocycles. The molecule has 1 N–H and O–H groups in total. The lowest BCUT2D eigenvalue weighted by Gasteiger charge is -2.17. The van der Waals surface area contributed by atoms with Crippen molar-refractivity contribution in [2.45, 2.75) is 33.2 Å². The van der Waals surface area contributed by atoms with Gasteiger partial charge in [-0.25, -0.2) is 9.97 Å². The summed E-state index contributed by atoms with van der Waals surface area (Å²) in [6.07, 6.45) is 2.61. The highest BCUT2D eigenvalue weighted by Crippen LogP contribution is 2.26. The summed E-state index contributed by atoms with van der Waals surface area (Å²) < 4.78 is 3.96. The highest BCUT2D eigenvalue weighted by atomic mass is 16.3. The van der Waals surface area contributed by atoms with Crippen molar-refractivity contribution >= 4 is 23.5 Å². The quantitative estimate of drug-likeness (QED) is 0.676. The Hall–Kier alpha value is -3.23. The van der Waals surface area contributed by atoms with E-state index in [1.807, 2.05) is 30.4 Å². The molecule has 1 aliphatic heterocycles. The standard InChI is InChI=1S/C18H22N6O.CH2O2/c1-11-9-12(2)24(21-11)14-6-8-23(10-14)18(25)15-5-7-19-17-16(15)20-13(3)22(17)4;2-1-3/h5,7,9,14H,6,8,10H2,1-4H3;1H,(H,2,3). The summed E-state index contributed by atoms with van der Waals surface area (Å²) in [7, 11) is 1.92. The zero-order valence-electron chi connectivity index (χ0n) is 16.5. The fourth-order valence-electron chi connectivity index (χ4n) is 3.67. The van der Waals surface area contributed by atoms with Crippen LogP contribution in [0.1, 0.15) is 40.0 Å². The highest BCUT2D eigenvalue weighted by molar-refractivity contribution is 6.04. The molecule has 3 aromatic heterocycles. The third-order valence-electron chi connectivity index (χ3n) is 5.05. The van der Waals surface area contributed by atoms with Gasteiger partial charge in [-0.2, -0.15) is 5.10 Å². The summed E-state index contributed by atoms with van der Waals surface area (Å²) in [5.74, 6) is 0.874. The maximum Gasteiger partial charge on any atom is 0.290 e. The van der Waals surface area contributed by atoms with Gasteiger partial charge in [0, 0.05) is 32.0 Å². The molecule has 148 valence electrons. The Labute approximate surface area is 162 Å². The normalized spacial score (nSPS) is 16.1. The van der Waals surface area contributed by atoms with Crippen molar-refractivity contribution in [2.75, 3.05) is 13.1 Å². The molecule has 0 bridgehead atoms. The van der Waals surface area contributed by atoms with Gasteiger partial charge in [0.2, 0.25) is 0 Å². The lowest BCUT2D eigenvalue weighted by Crippen LogP contribution is -2.29. The van der Waals surface area contributed by atoms with Crippen LogP contribution in [-0.2, 0) is 11.8 Å². The van der Waals surface area contributed by atoms with Crippen molar-refractivity contribution in [3.05, 3.63) is 41.1 Å². The number of aromatic nitrogens is 5. The molecule has 0 radical (unpaired) electrons. The van der Waals surface area contributed by atoms with Crippen LogP contribution in [0.5, 0.6) is 0 Å². The number of imidazole rings is 1. The third kappa shape index (κ3) is 3.47. The number of hydrogen-bond donors (Lipinski definition) is 1. The number of nitrogens with zero attached hydrogens (tertiary/aromatic N) is 6. The molecule has 4 heterocycles. The van der Waals surface area contributed by atoms with Gasteiger partial charge < -0.3 is 14.6 Å². The zero-order valence-corrected chi connectivity index (χ0v) is 16.5. The number of aryl methyl sites for hydroxylation is 4. The number of fused-ring (bicyclic) bond motifs is 1. The van der Waals surface area contributed by atoms with Gasteiger partial charge >= 0.3 is 0 Å². The van der Waals surface area contributed by atoms with Gasteiger partial charge in [0.15, 0.2) is 5.65 Å². The molecule has 1 aliphatic rings. The van der Waals surface area contributed by atoms with E-state index in [9.17, 15) is 4.79 Å². The van der Waals surface area contributed by atoms with E-state index in [4.69, 9.17) is 9.90 Å². The Kier molecular flexibility index (Phi) is 5.43. The minimum atomic E-state index is -0.250. The smallest absolute Gasteiger partial charge is 0.290 e. The highest BCUT2D eigenvalue weighted by Gasteiger charge is 2.30. The summed E-state index contributed by atoms with van der Waals surface area (Å²) in [5, 5.41) is 11.5. The number of carboxylic acid groups (broad SMARTS) is 1. The Balaban J connectivity index is 0.000000706. The number of rotatable bonds is 2. The Morgan fingerprint density at radius 3 is 2.68 bits per heavy atom. The molecular formula is C19H24N6O3. The first-order valence-corrected chi connectivity index (χ1v) is 9.05. The predicted molar refractivity (Wildman–Crippen MR) is 103 cm³/mol. The first-order chi connectivity index (χ1) is 13.4. The van der Waals surface area contributed by atoms with E-state index in [1.165, 1.54) is 0 Å². The van der Waals surface area contributed by atoms with Gasteiger partial charge in [0.25, 0.3) is 12.4 Å². The number of amides is 1. The second kappa shape index (κ2) is 7.79. The number of carbonyl (C=O) groups is 2. The van der Waals surface area contributed by atoms with Crippen LogP contribution < -0.4 is 0 Å². The molecule has 0 spiro atoms. The van der Waals surface area contributed by atoms with Gasteiger partial charge in [-0.15, -0.1) is 0 Å². The topological polar surface area (TPSA) is 106 Å². The van der Waals surface area contributed by atoms with Gasteiger partial charge in [-0.05, 0) is 39.3 Å². The minimum Gasteiger partial charge on any atom is -0.483 e. The molecule has 9 heteroatoms. The second-order valence-electron chi connectivity index (χ2n) is 6.92. The van der Waals surface area contributed by atoms with Gasteiger partial charge in [-0.3, -0.25) is 14.3 Å². The first kappa shape index (κ1) is 19.5. The van der Waals surface area contributed by atoms with Gasteiger partial charge in [0.05, 0.1) is 17.3 Å². The Morgan fingerprint density at radius 2 is 2.04 bits per heavy atom. The molecule has 1 amide bonds. The van der Waals surface area contributed by atoms with Gasteiger partial charge in [0.1, 0.15) is 11.3 Å². The Bertz CT molecular complexity index is 1020. The molecule has 0 saturated carbocycles. The van der Waals surface area contributed by atoms with E-state index in [1.54, 1.807) is 12.3 Å². The van der Waals surface area contributed by atoms with Crippen molar-refractivity contribution in [3.63, 3.8) is 0 Å². The molecule has 28 heavy (non-hydrogen) atoms. The molecule has 1 unspecified atom stereocenters. The van der Waals surface area contributed by atoms with Crippen LogP contribution in [0.4, 0.5) is 0 Å². The van der Waals surface area contributed by atoms with Gasteiger partial charge in [-0.1, -0.05) is 0 Å². The van der Waals surface area contributed by atoms with Crippen LogP contribution in [0.25, 0.3) is 11.2 Å². The lowest BCUT2D eigenvalue weighted by molar-refractivity contribution is -0.122. The number of pyridine rings is 1. The molecule has 1 saturated heterocycles. The third-order valence-corrected chi connectivity index (χ3v) is 5.05. The van der Waals surface area contributed by atoms with Crippen molar-refractivity contribution in [2.24, 2.45) is 7.05 Å². The first-order valence-electron chi connectivity index (χ1n) is 9.05.